The average Bonchev–Trinajstić information content (AvgIpc) is 4.07. The zero-order valence-corrected chi connectivity index (χ0v) is 28.7. The Balaban J connectivity index is 1.02. The molecule has 0 fully saturated rings. The van der Waals surface area contributed by atoms with Gasteiger partial charge in [-0.15, -0.1) is 0 Å². The second-order valence-corrected chi connectivity index (χ2v) is 13.3. The normalized spacial score (nSPS) is 11.7. The van der Waals surface area contributed by atoms with E-state index in [0.717, 1.165) is 44.8 Å². The van der Waals surface area contributed by atoms with Crippen LogP contribution in [0.3, 0.4) is 0 Å². The predicted octanol–water partition coefficient (Wildman–Crippen LogP) is 11.3. The summed E-state index contributed by atoms with van der Waals surface area (Å²) in [6, 6.07) is 56.0. The van der Waals surface area contributed by atoms with E-state index >= 15 is 0 Å². The van der Waals surface area contributed by atoms with Crippen molar-refractivity contribution in [3.63, 3.8) is 0 Å². The average molecular weight is 697 g/mol. The van der Waals surface area contributed by atoms with Crippen molar-refractivity contribution in [2.75, 3.05) is 0 Å². The van der Waals surface area contributed by atoms with E-state index in [9.17, 15) is 0 Å². The van der Waals surface area contributed by atoms with Crippen molar-refractivity contribution in [2.24, 2.45) is 0 Å². The Bertz CT molecular complexity index is 2890. The lowest BCUT2D eigenvalue weighted by molar-refractivity contribution is 0.430. The third kappa shape index (κ3) is 4.70. The first kappa shape index (κ1) is 30.1. The van der Waals surface area contributed by atoms with E-state index in [1.54, 1.807) is 0 Å². The molecule has 11 rings (SSSR count). The molecular weight excluding hydrogens is 669 g/mol. The summed E-state index contributed by atoms with van der Waals surface area (Å²) in [5, 5.41) is 12.4. The van der Waals surface area contributed by atoms with E-state index < -0.39 is 0 Å². The van der Waals surface area contributed by atoms with E-state index in [0.29, 0.717) is 11.8 Å². The minimum atomic E-state index is 0.513. The van der Waals surface area contributed by atoms with Crippen LogP contribution in [0, 0.1) is 0 Å². The minimum absolute atomic E-state index is 0.513. The molecule has 4 aromatic heterocycles. The number of benzene rings is 7. The zero-order chi connectivity index (χ0) is 35.6. The molecule has 0 aliphatic carbocycles. The first-order valence-electron chi connectivity index (χ1n) is 17.7. The number of hydrogen-bond donors (Lipinski definition) is 0. The monoisotopic (exact) mass is 696 g/mol. The topological polar surface area (TPSA) is 87.7 Å². The maximum atomic E-state index is 5.23. The van der Waals surface area contributed by atoms with Gasteiger partial charge in [-0.1, -0.05) is 95.2 Å². The van der Waals surface area contributed by atoms with Gasteiger partial charge in [0.2, 0.25) is 0 Å². The third-order valence-electron chi connectivity index (χ3n) is 10.4. The summed E-state index contributed by atoms with van der Waals surface area (Å²) >= 11 is 0. The van der Waals surface area contributed by atoms with Crippen molar-refractivity contribution < 1.29 is 9.05 Å². The molecule has 0 unspecified atom stereocenters. The van der Waals surface area contributed by atoms with Crippen LogP contribution < -0.4 is 0 Å². The van der Waals surface area contributed by atoms with Gasteiger partial charge in [-0.25, -0.2) is 0 Å². The van der Waals surface area contributed by atoms with E-state index in [4.69, 9.17) is 9.05 Å². The minimum Gasteiger partial charge on any atom is -0.334 e. The molecule has 54 heavy (non-hydrogen) atoms. The van der Waals surface area contributed by atoms with E-state index in [2.05, 4.69) is 163 Å². The van der Waals surface area contributed by atoms with Crippen LogP contribution in [0.15, 0.2) is 179 Å². The molecule has 254 valence electrons. The van der Waals surface area contributed by atoms with Crippen molar-refractivity contribution in [3.8, 4) is 56.5 Å². The molecule has 4 heterocycles. The van der Waals surface area contributed by atoms with Crippen LogP contribution in [0.5, 0.6) is 0 Å². The number of para-hydroxylation sites is 2. The smallest absolute Gasteiger partial charge is 0.257 e. The van der Waals surface area contributed by atoms with Gasteiger partial charge in [0.1, 0.15) is 0 Å². The Kier molecular flexibility index (Phi) is 6.69. The van der Waals surface area contributed by atoms with Crippen LogP contribution in [0.25, 0.3) is 100 Å². The summed E-state index contributed by atoms with van der Waals surface area (Å²) < 4.78 is 15.2. The predicted molar refractivity (Wildman–Crippen MR) is 213 cm³/mol. The molecule has 0 spiro atoms. The summed E-state index contributed by atoms with van der Waals surface area (Å²) in [5.41, 5.74) is 13.2. The maximum Gasteiger partial charge on any atom is 0.257 e. The Hall–Kier alpha value is -7.58. The van der Waals surface area contributed by atoms with Crippen molar-refractivity contribution in [1.29, 1.82) is 0 Å². The highest BCUT2D eigenvalue weighted by molar-refractivity contribution is 6.28. The molecule has 0 aliphatic heterocycles. The molecule has 0 radical (unpaired) electrons. The number of hydrogen-bond acceptors (Lipinski definition) is 6. The van der Waals surface area contributed by atoms with Crippen LogP contribution in [0.1, 0.15) is 0 Å². The molecule has 0 atom stereocenters. The number of nitrogens with zero attached hydrogens (tertiary/aromatic N) is 6. The Labute approximate surface area is 308 Å². The highest BCUT2D eigenvalue weighted by Crippen LogP contribution is 2.42. The first-order valence-corrected chi connectivity index (χ1v) is 17.7. The quantitative estimate of drug-likeness (QED) is 0.172. The fraction of sp³-hybridized carbons (Fsp3) is 0. The van der Waals surface area contributed by atoms with Gasteiger partial charge < -0.3 is 18.2 Å². The molecule has 0 bridgehead atoms. The van der Waals surface area contributed by atoms with Crippen molar-refractivity contribution >= 4 is 43.6 Å². The van der Waals surface area contributed by atoms with Gasteiger partial charge in [0.05, 0.1) is 22.1 Å². The molecule has 0 saturated heterocycles. The van der Waals surface area contributed by atoms with Gasteiger partial charge in [0.15, 0.2) is 12.7 Å². The van der Waals surface area contributed by atoms with Crippen molar-refractivity contribution in [2.45, 2.75) is 0 Å². The molecule has 8 heteroatoms. The molecule has 8 nitrogen and oxygen atoms in total. The van der Waals surface area contributed by atoms with Crippen molar-refractivity contribution in [3.05, 3.63) is 170 Å². The molecule has 0 saturated carbocycles. The second-order valence-electron chi connectivity index (χ2n) is 13.3. The summed E-state index contributed by atoms with van der Waals surface area (Å²) in [6.07, 6.45) is 2.83. The van der Waals surface area contributed by atoms with E-state index in [-0.39, 0.29) is 0 Å². The lowest BCUT2D eigenvalue weighted by Crippen LogP contribution is -1.95. The standard InChI is InChI=1S/C46H28N6O2/c1-3-7-39-37(5-1)43-41(51(39)35-21-17-31(18-22-35)29-9-13-33(14-10-29)45-47-27-49-53-45)25-26-42-44(43)38-6-2-4-8-40(38)52(42)36-23-19-32(20-24-36)30-11-15-34(16-12-30)46-48-28-50-54-46/h1-28H. The van der Waals surface area contributed by atoms with Crippen molar-refractivity contribution in [1.82, 2.24) is 29.4 Å². The number of aromatic nitrogens is 6. The molecular formula is C46H28N6O2. The second kappa shape index (κ2) is 12.0. The zero-order valence-electron chi connectivity index (χ0n) is 28.7. The fourth-order valence-corrected chi connectivity index (χ4v) is 7.89. The SMILES string of the molecule is c1ccc2c(c1)c1c3c4ccccc4n(-c4ccc(-c5ccc(-c6ncno6)cc5)cc4)c3ccc1n2-c1ccc(-c2ccc(-c3ncno3)cc2)cc1. The lowest BCUT2D eigenvalue weighted by Gasteiger charge is -2.11. The summed E-state index contributed by atoms with van der Waals surface area (Å²) in [5.74, 6) is 1.03. The Morgan fingerprint density at radius 2 is 0.685 bits per heavy atom. The summed E-state index contributed by atoms with van der Waals surface area (Å²) in [6.45, 7) is 0. The number of rotatable bonds is 6. The highest BCUT2D eigenvalue weighted by Gasteiger charge is 2.20. The van der Waals surface area contributed by atoms with Crippen LogP contribution in [0.4, 0.5) is 0 Å². The van der Waals surface area contributed by atoms with Crippen LogP contribution in [-0.4, -0.2) is 29.4 Å². The van der Waals surface area contributed by atoms with Gasteiger partial charge in [0.25, 0.3) is 11.8 Å². The number of fused-ring (bicyclic) bond motifs is 7. The highest BCUT2D eigenvalue weighted by atomic mass is 16.5. The largest absolute Gasteiger partial charge is 0.334 e. The van der Waals surface area contributed by atoms with Gasteiger partial charge in [-0.3, -0.25) is 0 Å². The van der Waals surface area contributed by atoms with E-state index in [1.807, 2.05) is 24.3 Å². The molecule has 7 aromatic carbocycles. The summed E-state index contributed by atoms with van der Waals surface area (Å²) in [4.78, 5) is 8.33. The Morgan fingerprint density at radius 3 is 1.06 bits per heavy atom. The van der Waals surface area contributed by atoms with Gasteiger partial charge in [0, 0.05) is 44.0 Å². The third-order valence-corrected chi connectivity index (χ3v) is 10.4. The van der Waals surface area contributed by atoms with Crippen LogP contribution in [-0.2, 0) is 0 Å². The molecule has 0 amide bonds. The summed E-state index contributed by atoms with van der Waals surface area (Å²) in [7, 11) is 0. The lowest BCUT2D eigenvalue weighted by atomic mass is 10.0. The molecule has 0 aliphatic rings. The van der Waals surface area contributed by atoms with Gasteiger partial charge in [-0.2, -0.15) is 9.97 Å². The molecule has 0 N–H and O–H groups in total. The first-order chi connectivity index (χ1) is 26.8. The van der Waals surface area contributed by atoms with Gasteiger partial charge >= 0.3 is 0 Å². The van der Waals surface area contributed by atoms with Crippen LogP contribution >= 0.6 is 0 Å². The van der Waals surface area contributed by atoms with Crippen LogP contribution in [0.2, 0.25) is 0 Å². The maximum absolute atomic E-state index is 5.23. The fourth-order valence-electron chi connectivity index (χ4n) is 7.89. The van der Waals surface area contributed by atoms with E-state index in [1.165, 1.54) is 56.3 Å². The molecule has 11 aromatic rings. The van der Waals surface area contributed by atoms with Gasteiger partial charge in [-0.05, 0) is 95.1 Å². The Morgan fingerprint density at radius 1 is 0.333 bits per heavy atom.